The van der Waals surface area contributed by atoms with Crippen LogP contribution in [0.25, 0.3) is 0 Å². The fraction of sp³-hybridized carbons (Fsp3) is 1.00. The van der Waals surface area contributed by atoms with Crippen molar-refractivity contribution in [3.05, 3.63) is 0 Å². The standard InChI is InChI=1S/C20H42ClN/c1-4-5-6-7-8-9-10-11-12-13-14-15-16-17-20(21)18-19-22(2)3/h20H,4-19H2,1-3H3. The maximum atomic E-state index is 6.34. The highest BCUT2D eigenvalue weighted by Gasteiger charge is 2.04. The Kier molecular flexibility index (Phi) is 17.8. The first-order valence-corrected chi connectivity index (χ1v) is 10.4. The lowest BCUT2D eigenvalue weighted by Crippen LogP contribution is -2.16. The lowest BCUT2D eigenvalue weighted by molar-refractivity contribution is 0.391. The first-order valence-electron chi connectivity index (χ1n) is 9.95. The van der Waals surface area contributed by atoms with Crippen LogP contribution in [0.1, 0.15) is 103 Å². The summed E-state index contributed by atoms with van der Waals surface area (Å²) in [7, 11) is 4.24. The maximum Gasteiger partial charge on any atom is 0.0348 e. The van der Waals surface area contributed by atoms with Gasteiger partial charge in [0.1, 0.15) is 0 Å². The Labute approximate surface area is 146 Å². The molecule has 1 unspecified atom stereocenters. The topological polar surface area (TPSA) is 3.24 Å². The summed E-state index contributed by atoms with van der Waals surface area (Å²) in [6.07, 6.45) is 20.9. The van der Waals surface area contributed by atoms with Crippen molar-refractivity contribution in [3.8, 4) is 0 Å². The number of nitrogens with zero attached hydrogens (tertiary/aromatic N) is 1. The number of halogens is 1. The first kappa shape index (κ1) is 22.2. The highest BCUT2D eigenvalue weighted by molar-refractivity contribution is 6.20. The lowest BCUT2D eigenvalue weighted by atomic mass is 10.0. The van der Waals surface area contributed by atoms with Crippen molar-refractivity contribution < 1.29 is 0 Å². The zero-order chi connectivity index (χ0) is 16.5. The van der Waals surface area contributed by atoms with Crippen LogP contribution in [0, 0.1) is 0 Å². The summed E-state index contributed by atoms with van der Waals surface area (Å²) < 4.78 is 0. The second kappa shape index (κ2) is 17.6. The summed E-state index contributed by atoms with van der Waals surface area (Å²) >= 11 is 6.34. The van der Waals surface area contributed by atoms with Crippen LogP contribution < -0.4 is 0 Å². The Morgan fingerprint density at radius 2 is 1.05 bits per heavy atom. The van der Waals surface area contributed by atoms with Crippen LogP contribution in [0.4, 0.5) is 0 Å². The zero-order valence-electron chi connectivity index (χ0n) is 15.7. The molecule has 22 heavy (non-hydrogen) atoms. The minimum absolute atomic E-state index is 0.384. The van der Waals surface area contributed by atoms with Crippen molar-refractivity contribution in [1.29, 1.82) is 0 Å². The molecule has 0 bridgehead atoms. The highest BCUT2D eigenvalue weighted by Crippen LogP contribution is 2.16. The van der Waals surface area contributed by atoms with Crippen molar-refractivity contribution in [1.82, 2.24) is 4.90 Å². The SMILES string of the molecule is CCCCCCCCCCCCCCCC(Cl)CCN(C)C. The van der Waals surface area contributed by atoms with Gasteiger partial charge in [0.2, 0.25) is 0 Å². The predicted octanol–water partition coefficient (Wildman–Crippen LogP) is 7.03. The van der Waals surface area contributed by atoms with Gasteiger partial charge in [0, 0.05) is 5.38 Å². The fourth-order valence-corrected chi connectivity index (χ4v) is 3.18. The van der Waals surface area contributed by atoms with Gasteiger partial charge in [0.05, 0.1) is 0 Å². The van der Waals surface area contributed by atoms with E-state index in [1.54, 1.807) is 0 Å². The van der Waals surface area contributed by atoms with E-state index in [1.165, 1.54) is 89.9 Å². The monoisotopic (exact) mass is 331 g/mol. The molecular weight excluding hydrogens is 290 g/mol. The van der Waals surface area contributed by atoms with Crippen LogP contribution in [0.2, 0.25) is 0 Å². The molecule has 0 aromatic carbocycles. The second-order valence-electron chi connectivity index (χ2n) is 7.22. The molecule has 0 N–H and O–H groups in total. The van der Waals surface area contributed by atoms with Crippen molar-refractivity contribution in [2.75, 3.05) is 20.6 Å². The van der Waals surface area contributed by atoms with Gasteiger partial charge in [-0.25, -0.2) is 0 Å². The van der Waals surface area contributed by atoms with Gasteiger partial charge < -0.3 is 4.90 Å². The second-order valence-corrected chi connectivity index (χ2v) is 7.84. The molecule has 1 nitrogen and oxygen atoms in total. The third kappa shape index (κ3) is 18.3. The van der Waals surface area contributed by atoms with Crippen molar-refractivity contribution in [2.45, 2.75) is 109 Å². The average molecular weight is 332 g/mol. The van der Waals surface area contributed by atoms with E-state index in [-0.39, 0.29) is 0 Å². The van der Waals surface area contributed by atoms with Gasteiger partial charge in [0.25, 0.3) is 0 Å². The average Bonchev–Trinajstić information content (AvgIpc) is 2.49. The van der Waals surface area contributed by atoms with Crippen LogP contribution in [0.5, 0.6) is 0 Å². The lowest BCUT2D eigenvalue weighted by Gasteiger charge is -2.13. The van der Waals surface area contributed by atoms with E-state index in [9.17, 15) is 0 Å². The van der Waals surface area contributed by atoms with Gasteiger partial charge in [-0.05, 0) is 33.5 Å². The normalized spacial score (nSPS) is 13.0. The molecule has 0 aliphatic carbocycles. The molecule has 0 saturated carbocycles. The fourth-order valence-electron chi connectivity index (χ4n) is 2.93. The van der Waals surface area contributed by atoms with E-state index in [0.29, 0.717) is 5.38 Å². The molecule has 0 rings (SSSR count). The van der Waals surface area contributed by atoms with Crippen LogP contribution >= 0.6 is 11.6 Å². The van der Waals surface area contributed by atoms with Gasteiger partial charge in [-0.1, -0.05) is 90.4 Å². The van der Waals surface area contributed by atoms with E-state index >= 15 is 0 Å². The Bertz CT molecular complexity index is 206. The molecule has 2 heteroatoms. The summed E-state index contributed by atoms with van der Waals surface area (Å²) in [5.41, 5.74) is 0. The van der Waals surface area contributed by atoms with E-state index in [4.69, 9.17) is 11.6 Å². The summed E-state index contributed by atoms with van der Waals surface area (Å²) in [4.78, 5) is 2.22. The molecule has 0 aliphatic rings. The van der Waals surface area contributed by atoms with E-state index in [0.717, 1.165) is 13.0 Å². The van der Waals surface area contributed by atoms with Crippen molar-refractivity contribution in [3.63, 3.8) is 0 Å². The molecule has 0 saturated heterocycles. The molecular formula is C20H42ClN. The molecule has 1 atom stereocenters. The molecule has 134 valence electrons. The minimum Gasteiger partial charge on any atom is -0.309 e. The molecule has 0 spiro atoms. The quantitative estimate of drug-likeness (QED) is 0.204. The number of hydrogen-bond acceptors (Lipinski definition) is 1. The summed E-state index contributed by atoms with van der Waals surface area (Å²) in [6.45, 7) is 3.41. The van der Waals surface area contributed by atoms with Gasteiger partial charge in [-0.15, -0.1) is 11.6 Å². The van der Waals surface area contributed by atoms with Gasteiger partial charge in [0.15, 0.2) is 0 Å². The minimum atomic E-state index is 0.384. The summed E-state index contributed by atoms with van der Waals surface area (Å²) in [5, 5.41) is 0.384. The first-order chi connectivity index (χ1) is 10.7. The van der Waals surface area contributed by atoms with Gasteiger partial charge in [-0.2, -0.15) is 0 Å². The van der Waals surface area contributed by atoms with Crippen LogP contribution in [-0.2, 0) is 0 Å². The number of unbranched alkanes of at least 4 members (excludes halogenated alkanes) is 12. The van der Waals surface area contributed by atoms with Crippen LogP contribution in [0.15, 0.2) is 0 Å². The van der Waals surface area contributed by atoms with Gasteiger partial charge in [-0.3, -0.25) is 0 Å². The van der Waals surface area contributed by atoms with Crippen LogP contribution in [0.3, 0.4) is 0 Å². The summed E-state index contributed by atoms with van der Waals surface area (Å²) in [6, 6.07) is 0. The molecule has 0 aliphatic heterocycles. The van der Waals surface area contributed by atoms with Crippen molar-refractivity contribution in [2.24, 2.45) is 0 Å². The summed E-state index contributed by atoms with van der Waals surface area (Å²) in [5.74, 6) is 0. The molecule has 0 aromatic rings. The van der Waals surface area contributed by atoms with E-state index in [2.05, 4.69) is 25.9 Å². The molecule has 0 radical (unpaired) electrons. The highest BCUT2D eigenvalue weighted by atomic mass is 35.5. The maximum absolute atomic E-state index is 6.34. The smallest absolute Gasteiger partial charge is 0.0348 e. The Morgan fingerprint density at radius 3 is 1.45 bits per heavy atom. The Morgan fingerprint density at radius 1 is 0.636 bits per heavy atom. The zero-order valence-corrected chi connectivity index (χ0v) is 16.5. The number of rotatable bonds is 17. The number of alkyl halides is 1. The molecule has 0 heterocycles. The largest absolute Gasteiger partial charge is 0.309 e. The third-order valence-corrected chi connectivity index (χ3v) is 4.95. The Balaban J connectivity index is 3.08. The van der Waals surface area contributed by atoms with Gasteiger partial charge >= 0.3 is 0 Å². The van der Waals surface area contributed by atoms with Crippen LogP contribution in [-0.4, -0.2) is 30.9 Å². The predicted molar refractivity (Wildman–Crippen MR) is 103 cm³/mol. The third-order valence-electron chi connectivity index (χ3n) is 4.51. The molecule has 0 aromatic heterocycles. The molecule has 0 fully saturated rings. The van der Waals surface area contributed by atoms with E-state index in [1.807, 2.05) is 0 Å². The Hall–Kier alpha value is 0.250. The van der Waals surface area contributed by atoms with Crippen molar-refractivity contribution >= 4 is 11.6 Å². The number of hydrogen-bond donors (Lipinski definition) is 0. The van der Waals surface area contributed by atoms with E-state index < -0.39 is 0 Å². The molecule has 0 amide bonds.